The summed E-state index contributed by atoms with van der Waals surface area (Å²) in [5, 5.41) is 0. The second-order valence-corrected chi connectivity index (χ2v) is 13.7. The smallest absolute Gasteiger partial charge is 0.331 e. The van der Waals surface area contributed by atoms with Crippen LogP contribution < -0.4 is 0 Å². The number of rotatable bonds is 4. The molecular weight excluding hydrogens is 400 g/mol. The highest BCUT2D eigenvalue weighted by molar-refractivity contribution is 5.92. The van der Waals surface area contributed by atoms with Crippen molar-refractivity contribution in [1.29, 1.82) is 0 Å². The minimum Gasteiger partial charge on any atom is -0.455 e. The molecule has 4 nitrogen and oxygen atoms in total. The Bertz CT molecular complexity index is 769. The molecule has 4 heteroatoms. The molecule has 8 rings (SSSR count). The van der Waals surface area contributed by atoms with Gasteiger partial charge in [-0.15, -0.1) is 0 Å². The van der Waals surface area contributed by atoms with Gasteiger partial charge in [0.05, 0.1) is 0 Å². The quantitative estimate of drug-likeness (QED) is 0.407. The lowest BCUT2D eigenvalue weighted by Crippen LogP contribution is -2.63. The predicted octanol–water partition coefficient (Wildman–Crippen LogP) is 5.84. The summed E-state index contributed by atoms with van der Waals surface area (Å²) >= 11 is 0. The van der Waals surface area contributed by atoms with E-state index in [4.69, 9.17) is 9.47 Å². The number of carbonyl (C=O) groups excluding carboxylic acids is 2. The molecule has 0 spiro atoms. The largest absolute Gasteiger partial charge is 0.455 e. The first kappa shape index (κ1) is 21.2. The Hall–Kier alpha value is -1.32. The number of carbonyl (C=O) groups is 2. The molecule has 0 aliphatic heterocycles. The first-order valence-corrected chi connectivity index (χ1v) is 13.2. The third kappa shape index (κ3) is 2.86. The third-order valence-corrected chi connectivity index (χ3v) is 11.6. The summed E-state index contributed by atoms with van der Waals surface area (Å²) < 4.78 is 12.4. The Morgan fingerprint density at radius 1 is 0.594 bits per heavy atom. The number of hydrogen-bond acceptors (Lipinski definition) is 4. The lowest BCUT2D eigenvalue weighted by atomic mass is 9.44. The Balaban J connectivity index is 1.14. The van der Waals surface area contributed by atoms with Crippen LogP contribution in [0, 0.1) is 46.3 Å². The van der Waals surface area contributed by atoms with Gasteiger partial charge in [0.2, 0.25) is 0 Å². The van der Waals surface area contributed by atoms with Gasteiger partial charge < -0.3 is 9.47 Å². The highest BCUT2D eigenvalue weighted by Gasteiger charge is 2.64. The molecule has 4 atom stereocenters. The Kier molecular flexibility index (Phi) is 4.40. The molecule has 4 unspecified atom stereocenters. The van der Waals surface area contributed by atoms with Crippen molar-refractivity contribution < 1.29 is 19.1 Å². The van der Waals surface area contributed by atoms with E-state index in [0.29, 0.717) is 35.5 Å². The van der Waals surface area contributed by atoms with Crippen LogP contribution in [-0.4, -0.2) is 23.1 Å². The lowest BCUT2D eigenvalue weighted by Gasteiger charge is -2.64. The van der Waals surface area contributed by atoms with Gasteiger partial charge in [-0.3, -0.25) is 0 Å². The maximum absolute atomic E-state index is 12.9. The van der Waals surface area contributed by atoms with Crippen LogP contribution in [0.3, 0.4) is 0 Å². The average molecular weight is 441 g/mol. The number of hydrogen-bond donors (Lipinski definition) is 0. The minimum absolute atomic E-state index is 0.00759. The Morgan fingerprint density at radius 3 is 1.22 bits per heavy atom. The van der Waals surface area contributed by atoms with Gasteiger partial charge in [0.25, 0.3) is 0 Å². The van der Waals surface area contributed by atoms with E-state index in [2.05, 4.69) is 27.7 Å². The van der Waals surface area contributed by atoms with Gasteiger partial charge in [0.15, 0.2) is 0 Å². The van der Waals surface area contributed by atoms with E-state index in [1.54, 1.807) is 0 Å². The topological polar surface area (TPSA) is 52.6 Å². The summed E-state index contributed by atoms with van der Waals surface area (Å²) in [6, 6.07) is 0. The molecule has 0 aromatic rings. The van der Waals surface area contributed by atoms with Crippen molar-refractivity contribution in [2.75, 3.05) is 0 Å². The molecule has 8 aliphatic carbocycles. The van der Waals surface area contributed by atoms with Crippen molar-refractivity contribution in [2.45, 2.75) is 103 Å². The van der Waals surface area contributed by atoms with Gasteiger partial charge in [-0.05, 0) is 99.7 Å². The van der Waals surface area contributed by atoms with Crippen molar-refractivity contribution >= 4 is 11.9 Å². The summed E-state index contributed by atoms with van der Waals surface area (Å²) in [6.07, 6.45) is 14.3. The molecule has 0 radical (unpaired) electrons. The van der Waals surface area contributed by atoms with E-state index in [9.17, 15) is 9.59 Å². The zero-order valence-electron chi connectivity index (χ0n) is 20.3. The first-order chi connectivity index (χ1) is 15.0. The predicted molar refractivity (Wildman–Crippen MR) is 121 cm³/mol. The van der Waals surface area contributed by atoms with E-state index in [-0.39, 0.29) is 34.0 Å². The highest BCUT2D eigenvalue weighted by atomic mass is 16.6. The van der Waals surface area contributed by atoms with Crippen molar-refractivity contribution in [3.63, 3.8) is 0 Å². The summed E-state index contributed by atoms with van der Waals surface area (Å²) in [4.78, 5) is 25.8. The van der Waals surface area contributed by atoms with E-state index in [0.717, 1.165) is 25.7 Å². The third-order valence-electron chi connectivity index (χ3n) is 11.6. The fourth-order valence-corrected chi connectivity index (χ4v) is 9.82. The molecule has 0 N–H and O–H groups in total. The van der Waals surface area contributed by atoms with Crippen LogP contribution in [-0.2, 0) is 19.1 Å². The van der Waals surface area contributed by atoms with Crippen molar-refractivity contribution in [3.8, 4) is 0 Å². The second-order valence-electron chi connectivity index (χ2n) is 13.7. The zero-order chi connectivity index (χ0) is 22.5. The van der Waals surface area contributed by atoms with Crippen molar-refractivity contribution in [2.24, 2.45) is 46.3 Å². The zero-order valence-corrected chi connectivity index (χ0v) is 20.3. The van der Waals surface area contributed by atoms with Gasteiger partial charge in [0, 0.05) is 23.0 Å². The van der Waals surface area contributed by atoms with Crippen molar-refractivity contribution in [1.82, 2.24) is 0 Å². The van der Waals surface area contributed by atoms with Crippen LogP contribution in [0.5, 0.6) is 0 Å². The Labute approximate surface area is 192 Å². The molecule has 8 fully saturated rings. The summed E-state index contributed by atoms with van der Waals surface area (Å²) in [7, 11) is 0. The normalized spacial score (nSPS) is 48.9. The van der Waals surface area contributed by atoms with Gasteiger partial charge in [-0.2, -0.15) is 0 Å². The molecule has 0 aromatic carbocycles. The molecule has 8 bridgehead atoms. The molecule has 0 saturated heterocycles. The van der Waals surface area contributed by atoms with Crippen molar-refractivity contribution in [3.05, 3.63) is 12.2 Å². The second kappa shape index (κ2) is 6.63. The molecular formula is C28H40O4. The monoisotopic (exact) mass is 440 g/mol. The minimum atomic E-state index is -0.373. The fraction of sp³-hybridized carbons (Fsp3) is 0.857. The van der Waals surface area contributed by atoms with Crippen LogP contribution >= 0.6 is 0 Å². The Morgan fingerprint density at radius 2 is 0.906 bits per heavy atom. The van der Waals surface area contributed by atoms with Gasteiger partial charge >= 0.3 is 11.9 Å². The molecule has 32 heavy (non-hydrogen) atoms. The van der Waals surface area contributed by atoms with Crippen LogP contribution in [0.25, 0.3) is 0 Å². The maximum atomic E-state index is 12.9. The molecule has 0 heterocycles. The molecule has 176 valence electrons. The van der Waals surface area contributed by atoms with Gasteiger partial charge in [0.1, 0.15) is 11.2 Å². The van der Waals surface area contributed by atoms with Crippen LogP contribution in [0.2, 0.25) is 0 Å². The molecule has 8 aliphatic rings. The summed E-state index contributed by atoms with van der Waals surface area (Å²) in [6.45, 7) is 9.15. The molecule has 8 saturated carbocycles. The van der Waals surface area contributed by atoms with Gasteiger partial charge in [-0.25, -0.2) is 9.59 Å². The molecule has 0 aromatic heterocycles. The number of esters is 2. The summed E-state index contributed by atoms with van der Waals surface area (Å²) in [5.74, 6) is 3.33. The lowest BCUT2D eigenvalue weighted by molar-refractivity contribution is -0.233. The van der Waals surface area contributed by atoms with Crippen LogP contribution in [0.1, 0.15) is 91.9 Å². The SMILES string of the molecule is CC1(C)C2CC3CC(C2)CC1(OC(=O)C=CC(=O)OC12CC4CC(CC(C4)C1(C)C)C2)C3. The van der Waals surface area contributed by atoms with E-state index < -0.39 is 0 Å². The highest BCUT2D eigenvalue weighted by Crippen LogP contribution is 2.66. The standard InChI is InChI=1S/C28H40O4/c1-25(2)21-9-17-7-18(10-21)14-27(25,13-17)31-23(29)5-6-24(30)32-28-15-19-8-20(16-28)12-22(11-19)26(28,3)4/h5-6,17-22H,7-16H2,1-4H3. The van der Waals surface area contributed by atoms with E-state index >= 15 is 0 Å². The van der Waals surface area contributed by atoms with E-state index in [1.807, 2.05) is 0 Å². The van der Waals surface area contributed by atoms with E-state index in [1.165, 1.54) is 50.7 Å². The average Bonchev–Trinajstić information content (AvgIpc) is 2.68. The number of ether oxygens (including phenoxy) is 2. The van der Waals surface area contributed by atoms with Gasteiger partial charge in [-0.1, -0.05) is 27.7 Å². The first-order valence-electron chi connectivity index (χ1n) is 13.2. The van der Waals surface area contributed by atoms with Crippen LogP contribution in [0.4, 0.5) is 0 Å². The summed E-state index contributed by atoms with van der Waals surface area (Å²) in [5.41, 5.74) is -0.717. The fourth-order valence-electron chi connectivity index (χ4n) is 9.82. The maximum Gasteiger partial charge on any atom is 0.331 e. The van der Waals surface area contributed by atoms with Crippen LogP contribution in [0.15, 0.2) is 12.2 Å². The molecule has 0 amide bonds.